The van der Waals surface area contributed by atoms with E-state index in [0.29, 0.717) is 6.54 Å². The van der Waals surface area contributed by atoms with Crippen LogP contribution in [-0.4, -0.2) is 14.9 Å². The van der Waals surface area contributed by atoms with Gasteiger partial charge in [-0.15, -0.1) is 0 Å². The van der Waals surface area contributed by atoms with Gasteiger partial charge in [0, 0.05) is 0 Å². The van der Waals surface area contributed by atoms with Crippen molar-refractivity contribution >= 4 is 11.6 Å². The van der Waals surface area contributed by atoms with Crippen molar-refractivity contribution in [1.29, 1.82) is 0 Å². The first-order valence-electron chi connectivity index (χ1n) is 4.62. The Morgan fingerprint density at radius 1 is 1.47 bits per heavy atom. The molecule has 0 aliphatic rings. The van der Waals surface area contributed by atoms with Gasteiger partial charge in [0.25, 0.3) is 0 Å². The van der Waals surface area contributed by atoms with Crippen molar-refractivity contribution in [2.45, 2.75) is 13.5 Å². The molecule has 0 aliphatic carbocycles. The quantitative estimate of drug-likeness (QED) is 0.848. The van der Waals surface area contributed by atoms with Gasteiger partial charge in [0.2, 0.25) is 0 Å². The van der Waals surface area contributed by atoms with Crippen LogP contribution in [0.1, 0.15) is 11.1 Å². The number of aromatic hydroxyl groups is 1. The molecule has 4 heteroatoms. The summed E-state index contributed by atoms with van der Waals surface area (Å²) in [4.78, 5) is 0. The van der Waals surface area contributed by atoms with Crippen LogP contribution in [0.15, 0.2) is 30.5 Å². The summed E-state index contributed by atoms with van der Waals surface area (Å²) in [5.41, 5.74) is 2.31. The maximum absolute atomic E-state index is 9.26. The third-order valence-electron chi connectivity index (χ3n) is 2.17. The first-order chi connectivity index (χ1) is 7.16. The molecule has 0 spiro atoms. The van der Waals surface area contributed by atoms with Crippen molar-refractivity contribution in [2.75, 3.05) is 0 Å². The van der Waals surface area contributed by atoms with Crippen molar-refractivity contribution < 1.29 is 5.11 Å². The number of rotatable bonds is 2. The monoisotopic (exact) mass is 222 g/mol. The van der Waals surface area contributed by atoms with Crippen LogP contribution in [0.4, 0.5) is 0 Å². The van der Waals surface area contributed by atoms with Gasteiger partial charge in [-0.3, -0.25) is 0 Å². The Morgan fingerprint density at radius 3 is 2.87 bits per heavy atom. The average molecular weight is 223 g/mol. The van der Waals surface area contributed by atoms with Crippen LogP contribution in [0, 0.1) is 6.92 Å². The van der Waals surface area contributed by atoms with E-state index in [9.17, 15) is 5.11 Å². The second kappa shape index (κ2) is 3.95. The predicted octanol–water partition coefficient (Wildman–Crippen LogP) is 2.60. The fourth-order valence-electron chi connectivity index (χ4n) is 1.45. The van der Waals surface area contributed by atoms with Crippen molar-refractivity contribution in [2.24, 2.45) is 0 Å². The summed E-state index contributed by atoms with van der Waals surface area (Å²) in [5, 5.41) is 13.5. The van der Waals surface area contributed by atoms with Crippen LogP contribution in [0.5, 0.6) is 5.75 Å². The molecule has 0 saturated heterocycles. The molecule has 0 amide bonds. The van der Waals surface area contributed by atoms with E-state index in [-0.39, 0.29) is 10.9 Å². The number of halogens is 1. The zero-order chi connectivity index (χ0) is 10.8. The Balaban J connectivity index is 2.26. The van der Waals surface area contributed by atoms with Crippen LogP contribution in [0.25, 0.3) is 0 Å². The molecule has 2 aromatic rings. The minimum absolute atomic E-state index is 0.0179. The molecule has 3 nitrogen and oxygen atoms in total. The molecule has 0 unspecified atom stereocenters. The Bertz CT molecular complexity index is 479. The summed E-state index contributed by atoms with van der Waals surface area (Å²) < 4.78 is 1.56. The maximum Gasteiger partial charge on any atom is 0.173 e. The van der Waals surface area contributed by atoms with Gasteiger partial charge in [-0.1, -0.05) is 41.4 Å². The van der Waals surface area contributed by atoms with Gasteiger partial charge >= 0.3 is 0 Å². The number of benzene rings is 1. The van der Waals surface area contributed by atoms with E-state index in [1.807, 2.05) is 25.1 Å². The Hall–Kier alpha value is -1.48. The molecule has 0 fully saturated rings. The summed E-state index contributed by atoms with van der Waals surface area (Å²) in [6, 6.07) is 8.09. The highest BCUT2D eigenvalue weighted by atomic mass is 35.5. The molecule has 0 radical (unpaired) electrons. The van der Waals surface area contributed by atoms with Crippen molar-refractivity contribution in [3.8, 4) is 5.75 Å². The highest BCUT2D eigenvalue weighted by molar-refractivity contribution is 6.30. The molecule has 2 rings (SSSR count). The minimum Gasteiger partial charge on any atom is -0.504 e. The molecular weight excluding hydrogens is 212 g/mol. The number of aromatic nitrogens is 2. The third kappa shape index (κ3) is 2.13. The van der Waals surface area contributed by atoms with Gasteiger partial charge in [-0.05, 0) is 12.5 Å². The third-order valence-corrected chi connectivity index (χ3v) is 2.56. The number of hydrogen-bond donors (Lipinski definition) is 1. The van der Waals surface area contributed by atoms with Gasteiger partial charge in [0.1, 0.15) is 0 Å². The van der Waals surface area contributed by atoms with Gasteiger partial charge < -0.3 is 5.11 Å². The van der Waals surface area contributed by atoms with E-state index < -0.39 is 0 Å². The molecule has 0 bridgehead atoms. The lowest BCUT2D eigenvalue weighted by Gasteiger charge is -2.04. The lowest BCUT2D eigenvalue weighted by Crippen LogP contribution is -2.01. The predicted molar refractivity (Wildman–Crippen MR) is 59.2 cm³/mol. The van der Waals surface area contributed by atoms with Gasteiger partial charge in [0.15, 0.2) is 10.9 Å². The topological polar surface area (TPSA) is 38.0 Å². The molecule has 1 aromatic carbocycles. The Kier molecular flexibility index (Phi) is 2.64. The van der Waals surface area contributed by atoms with Crippen LogP contribution in [0.3, 0.4) is 0 Å². The van der Waals surface area contributed by atoms with Crippen molar-refractivity contribution in [3.05, 3.63) is 46.7 Å². The van der Waals surface area contributed by atoms with Crippen LogP contribution in [-0.2, 0) is 6.54 Å². The fourth-order valence-corrected chi connectivity index (χ4v) is 1.61. The first-order valence-corrected chi connectivity index (χ1v) is 5.00. The fraction of sp³-hybridized carbons (Fsp3) is 0.182. The van der Waals surface area contributed by atoms with Crippen LogP contribution in [0.2, 0.25) is 5.15 Å². The normalized spacial score (nSPS) is 10.5. The average Bonchev–Trinajstić information content (AvgIpc) is 2.50. The van der Waals surface area contributed by atoms with Crippen LogP contribution < -0.4 is 0 Å². The summed E-state index contributed by atoms with van der Waals surface area (Å²) >= 11 is 5.85. The highest BCUT2D eigenvalue weighted by Crippen LogP contribution is 2.22. The lowest BCUT2D eigenvalue weighted by molar-refractivity contribution is 0.474. The zero-order valence-corrected chi connectivity index (χ0v) is 9.07. The van der Waals surface area contributed by atoms with Gasteiger partial charge in [-0.25, -0.2) is 4.68 Å². The SMILES string of the molecule is Cc1cccc(Cn2ncc(O)c2Cl)c1. The zero-order valence-electron chi connectivity index (χ0n) is 8.31. The summed E-state index contributed by atoms with van der Waals surface area (Å²) in [6.45, 7) is 2.60. The number of hydrogen-bond acceptors (Lipinski definition) is 2. The number of aryl methyl sites for hydroxylation is 1. The van der Waals surface area contributed by atoms with E-state index in [0.717, 1.165) is 5.56 Å². The first kappa shape index (κ1) is 10.1. The van der Waals surface area contributed by atoms with Crippen LogP contribution >= 0.6 is 11.6 Å². The standard InChI is InChI=1S/C11H11ClN2O/c1-8-3-2-4-9(5-8)7-14-11(12)10(15)6-13-14/h2-6,15H,7H2,1H3. The molecule has 15 heavy (non-hydrogen) atoms. The molecule has 1 N–H and O–H groups in total. The molecule has 78 valence electrons. The number of nitrogens with zero attached hydrogens (tertiary/aromatic N) is 2. The summed E-state index contributed by atoms with van der Waals surface area (Å²) in [5.74, 6) is 0.0179. The van der Waals surface area contributed by atoms with Gasteiger partial charge in [-0.2, -0.15) is 5.10 Å². The van der Waals surface area contributed by atoms with E-state index >= 15 is 0 Å². The molecule has 0 atom stereocenters. The largest absolute Gasteiger partial charge is 0.504 e. The van der Waals surface area contributed by atoms with E-state index in [4.69, 9.17) is 11.6 Å². The molecule has 1 heterocycles. The van der Waals surface area contributed by atoms with E-state index in [1.165, 1.54) is 11.8 Å². The molecule has 0 saturated carbocycles. The van der Waals surface area contributed by atoms with E-state index in [2.05, 4.69) is 11.2 Å². The van der Waals surface area contributed by atoms with Gasteiger partial charge in [0.05, 0.1) is 12.7 Å². The maximum atomic E-state index is 9.26. The summed E-state index contributed by atoms with van der Waals surface area (Å²) in [6.07, 6.45) is 1.35. The minimum atomic E-state index is 0.0179. The van der Waals surface area contributed by atoms with Crippen molar-refractivity contribution in [3.63, 3.8) is 0 Å². The lowest BCUT2D eigenvalue weighted by atomic mass is 10.1. The summed E-state index contributed by atoms with van der Waals surface area (Å²) in [7, 11) is 0. The molecule has 0 aliphatic heterocycles. The molecule has 1 aromatic heterocycles. The van der Waals surface area contributed by atoms with Crippen molar-refractivity contribution in [1.82, 2.24) is 9.78 Å². The second-order valence-corrected chi connectivity index (χ2v) is 3.83. The Morgan fingerprint density at radius 2 is 2.27 bits per heavy atom. The molecular formula is C11H11ClN2O. The second-order valence-electron chi connectivity index (χ2n) is 3.47. The van der Waals surface area contributed by atoms with E-state index in [1.54, 1.807) is 4.68 Å². The smallest absolute Gasteiger partial charge is 0.173 e. The highest BCUT2D eigenvalue weighted by Gasteiger charge is 2.06. The Labute approximate surface area is 92.9 Å².